The summed E-state index contributed by atoms with van der Waals surface area (Å²) in [6, 6.07) is 5.48. The van der Waals surface area contributed by atoms with E-state index in [0.29, 0.717) is 0 Å². The molecule has 0 N–H and O–H groups in total. The molecule has 1 aromatic heterocycles. The average Bonchev–Trinajstić information content (AvgIpc) is 2.65. The molecular formula is C11H7NO2. The van der Waals surface area contributed by atoms with Gasteiger partial charge in [-0.1, -0.05) is 11.8 Å². The van der Waals surface area contributed by atoms with Gasteiger partial charge in [-0.25, -0.2) is 4.98 Å². The first-order chi connectivity index (χ1) is 6.90. The molecule has 0 aliphatic heterocycles. The number of nitrogens with zero attached hydrogens (tertiary/aromatic N) is 1. The Kier molecular flexibility index (Phi) is 2.28. The Morgan fingerprint density at radius 2 is 2.43 bits per heavy atom. The zero-order valence-corrected chi connectivity index (χ0v) is 7.36. The maximum Gasteiger partial charge on any atom is 0.181 e. The van der Waals surface area contributed by atoms with Crippen LogP contribution in [-0.2, 0) is 4.79 Å². The van der Waals surface area contributed by atoms with E-state index in [1.807, 2.05) is 18.2 Å². The fourth-order valence-electron chi connectivity index (χ4n) is 1.13. The molecule has 0 atom stereocenters. The van der Waals surface area contributed by atoms with E-state index < -0.39 is 0 Å². The number of oxazole rings is 1. The van der Waals surface area contributed by atoms with Crippen LogP contribution in [0.1, 0.15) is 12.0 Å². The number of benzene rings is 1. The summed E-state index contributed by atoms with van der Waals surface area (Å²) >= 11 is 0. The van der Waals surface area contributed by atoms with E-state index in [1.165, 1.54) is 6.39 Å². The molecule has 0 saturated carbocycles. The van der Waals surface area contributed by atoms with E-state index in [1.54, 1.807) is 0 Å². The lowest BCUT2D eigenvalue weighted by molar-refractivity contribution is -0.107. The van der Waals surface area contributed by atoms with E-state index in [9.17, 15) is 4.79 Å². The molecule has 2 aromatic rings. The van der Waals surface area contributed by atoms with Gasteiger partial charge in [0.15, 0.2) is 12.0 Å². The van der Waals surface area contributed by atoms with Gasteiger partial charge in [-0.3, -0.25) is 0 Å². The van der Waals surface area contributed by atoms with Gasteiger partial charge in [-0.05, 0) is 18.2 Å². The highest BCUT2D eigenvalue weighted by Gasteiger charge is 1.97. The largest absolute Gasteiger partial charge is 0.443 e. The third-order valence-electron chi connectivity index (χ3n) is 1.75. The van der Waals surface area contributed by atoms with Crippen LogP contribution in [0.15, 0.2) is 29.0 Å². The van der Waals surface area contributed by atoms with Gasteiger partial charge >= 0.3 is 0 Å². The van der Waals surface area contributed by atoms with Crippen molar-refractivity contribution in [2.24, 2.45) is 0 Å². The molecule has 14 heavy (non-hydrogen) atoms. The van der Waals surface area contributed by atoms with E-state index >= 15 is 0 Å². The van der Waals surface area contributed by atoms with Crippen LogP contribution < -0.4 is 0 Å². The quantitative estimate of drug-likeness (QED) is 0.502. The maximum atomic E-state index is 10.0. The molecule has 1 aromatic carbocycles. The van der Waals surface area contributed by atoms with Crippen LogP contribution in [0.5, 0.6) is 0 Å². The van der Waals surface area contributed by atoms with Crippen molar-refractivity contribution in [1.82, 2.24) is 4.98 Å². The van der Waals surface area contributed by atoms with Gasteiger partial charge in [0, 0.05) is 5.56 Å². The zero-order chi connectivity index (χ0) is 9.80. The summed E-state index contributed by atoms with van der Waals surface area (Å²) < 4.78 is 5.08. The Hall–Kier alpha value is -2.08. The van der Waals surface area contributed by atoms with Crippen LogP contribution in [0.25, 0.3) is 11.1 Å². The minimum atomic E-state index is 0.261. The fourth-order valence-corrected chi connectivity index (χ4v) is 1.13. The number of hydrogen-bond acceptors (Lipinski definition) is 3. The SMILES string of the molecule is O=CCC#Cc1ccc2ocnc2c1. The van der Waals surface area contributed by atoms with Crippen molar-refractivity contribution < 1.29 is 9.21 Å². The Bertz CT molecular complexity index is 517. The summed E-state index contributed by atoms with van der Waals surface area (Å²) in [6.45, 7) is 0. The van der Waals surface area contributed by atoms with Crippen molar-refractivity contribution in [1.29, 1.82) is 0 Å². The van der Waals surface area contributed by atoms with E-state index in [0.717, 1.165) is 22.9 Å². The monoisotopic (exact) mass is 185 g/mol. The molecule has 0 aliphatic carbocycles. The number of carbonyl (C=O) groups is 1. The van der Waals surface area contributed by atoms with Crippen LogP contribution >= 0.6 is 0 Å². The normalized spacial score (nSPS) is 9.43. The second-order valence-corrected chi connectivity index (χ2v) is 2.71. The Morgan fingerprint density at radius 1 is 1.50 bits per heavy atom. The molecule has 0 amide bonds. The third kappa shape index (κ3) is 1.64. The predicted octanol–water partition coefficient (Wildman–Crippen LogP) is 1.77. The van der Waals surface area contributed by atoms with Crippen molar-refractivity contribution >= 4 is 17.4 Å². The minimum absolute atomic E-state index is 0.261. The number of aldehydes is 1. The molecule has 0 fully saturated rings. The average molecular weight is 185 g/mol. The highest BCUT2D eigenvalue weighted by atomic mass is 16.3. The van der Waals surface area contributed by atoms with Gasteiger partial charge in [0.1, 0.15) is 11.8 Å². The van der Waals surface area contributed by atoms with Crippen molar-refractivity contribution in [3.63, 3.8) is 0 Å². The molecule has 0 saturated heterocycles. The zero-order valence-electron chi connectivity index (χ0n) is 7.36. The minimum Gasteiger partial charge on any atom is -0.443 e. The summed E-state index contributed by atoms with van der Waals surface area (Å²) in [7, 11) is 0. The smallest absolute Gasteiger partial charge is 0.181 e. The number of aromatic nitrogens is 1. The standard InChI is InChI=1S/C11H7NO2/c13-6-2-1-3-9-4-5-11-10(7-9)12-8-14-11/h4-8H,2H2. The Morgan fingerprint density at radius 3 is 3.29 bits per heavy atom. The first kappa shape index (κ1) is 8.52. The highest BCUT2D eigenvalue weighted by Crippen LogP contribution is 2.13. The van der Waals surface area contributed by atoms with E-state index in [4.69, 9.17) is 4.42 Å². The lowest BCUT2D eigenvalue weighted by atomic mass is 10.2. The van der Waals surface area contributed by atoms with Gasteiger partial charge in [0.05, 0.1) is 6.42 Å². The van der Waals surface area contributed by atoms with Crippen molar-refractivity contribution in [2.45, 2.75) is 6.42 Å². The van der Waals surface area contributed by atoms with Gasteiger partial charge < -0.3 is 9.21 Å². The van der Waals surface area contributed by atoms with Gasteiger partial charge in [-0.2, -0.15) is 0 Å². The lowest BCUT2D eigenvalue weighted by Gasteiger charge is -1.88. The molecular weight excluding hydrogens is 178 g/mol. The number of rotatable bonds is 1. The highest BCUT2D eigenvalue weighted by molar-refractivity contribution is 5.74. The molecule has 3 heteroatoms. The van der Waals surface area contributed by atoms with E-state index in [-0.39, 0.29) is 6.42 Å². The van der Waals surface area contributed by atoms with Crippen LogP contribution in [0.4, 0.5) is 0 Å². The number of fused-ring (bicyclic) bond motifs is 1. The summed E-state index contributed by atoms with van der Waals surface area (Å²) in [4.78, 5) is 14.0. The van der Waals surface area contributed by atoms with Crippen LogP contribution in [0.3, 0.4) is 0 Å². The van der Waals surface area contributed by atoms with Crippen LogP contribution in [0.2, 0.25) is 0 Å². The van der Waals surface area contributed by atoms with Gasteiger partial charge in [-0.15, -0.1) is 0 Å². The van der Waals surface area contributed by atoms with E-state index in [2.05, 4.69) is 16.8 Å². The summed E-state index contributed by atoms with van der Waals surface area (Å²) in [5, 5.41) is 0. The first-order valence-electron chi connectivity index (χ1n) is 4.16. The van der Waals surface area contributed by atoms with Crippen molar-refractivity contribution in [3.05, 3.63) is 30.2 Å². The maximum absolute atomic E-state index is 10.0. The number of carbonyl (C=O) groups excluding carboxylic acids is 1. The van der Waals surface area contributed by atoms with Gasteiger partial charge in [0.2, 0.25) is 0 Å². The molecule has 1 heterocycles. The molecule has 0 bridgehead atoms. The number of hydrogen-bond donors (Lipinski definition) is 0. The second-order valence-electron chi connectivity index (χ2n) is 2.71. The van der Waals surface area contributed by atoms with Crippen LogP contribution in [0, 0.1) is 11.8 Å². The molecule has 0 radical (unpaired) electrons. The second kappa shape index (κ2) is 3.75. The topological polar surface area (TPSA) is 43.1 Å². The molecule has 68 valence electrons. The molecule has 0 unspecified atom stereocenters. The van der Waals surface area contributed by atoms with Crippen molar-refractivity contribution in [2.75, 3.05) is 0 Å². The molecule has 0 spiro atoms. The first-order valence-corrected chi connectivity index (χ1v) is 4.16. The van der Waals surface area contributed by atoms with Gasteiger partial charge in [0.25, 0.3) is 0 Å². The lowest BCUT2D eigenvalue weighted by Crippen LogP contribution is -1.75. The summed E-state index contributed by atoms with van der Waals surface area (Å²) in [6.07, 6.45) is 2.44. The third-order valence-corrected chi connectivity index (χ3v) is 1.75. The molecule has 0 aliphatic rings. The molecule has 2 rings (SSSR count). The van der Waals surface area contributed by atoms with Crippen molar-refractivity contribution in [3.8, 4) is 11.8 Å². The summed E-state index contributed by atoms with van der Waals surface area (Å²) in [5.41, 5.74) is 2.36. The van der Waals surface area contributed by atoms with Crippen LogP contribution in [-0.4, -0.2) is 11.3 Å². The Balaban J connectivity index is 2.35. The Labute approximate surface area is 80.7 Å². The predicted molar refractivity (Wildman–Crippen MR) is 51.6 cm³/mol. The fraction of sp³-hybridized carbons (Fsp3) is 0.0909. The molecule has 3 nitrogen and oxygen atoms in total. The summed E-state index contributed by atoms with van der Waals surface area (Å²) in [5.74, 6) is 5.60.